The molecule has 1 rings (SSSR count). The minimum Gasteiger partial charge on any atom is -0.598 e. The van der Waals surface area contributed by atoms with Crippen molar-refractivity contribution in [2.75, 3.05) is 0 Å². The monoisotopic (exact) mass is 260 g/mol. The molecule has 0 saturated carbocycles. The van der Waals surface area contributed by atoms with E-state index in [9.17, 15) is 4.55 Å². The number of hydrogen-bond acceptors (Lipinski definition) is 3. The van der Waals surface area contributed by atoms with Gasteiger partial charge in [0.05, 0.1) is 16.8 Å². The summed E-state index contributed by atoms with van der Waals surface area (Å²) in [5.41, 5.74) is 0.835. The van der Waals surface area contributed by atoms with Crippen molar-refractivity contribution in [3.8, 4) is 0 Å². The standard InChI is InChI=1S/C11H17ClN2OS/c1-8(14-16(15)11(2,3)4)10-6-5-9(12)7-13-10/h5-8,14H,1-4H3/t8-,16+/m0/s1. The lowest BCUT2D eigenvalue weighted by Crippen LogP contribution is -2.40. The Morgan fingerprint density at radius 1 is 1.44 bits per heavy atom. The molecule has 0 aliphatic carbocycles. The summed E-state index contributed by atoms with van der Waals surface area (Å²) in [6.45, 7) is 7.72. The molecule has 90 valence electrons. The van der Waals surface area contributed by atoms with E-state index in [0.717, 1.165) is 5.69 Å². The molecule has 3 nitrogen and oxygen atoms in total. The Morgan fingerprint density at radius 3 is 2.50 bits per heavy atom. The largest absolute Gasteiger partial charge is 0.598 e. The second-order valence-electron chi connectivity index (χ2n) is 4.62. The van der Waals surface area contributed by atoms with Crippen molar-refractivity contribution in [2.24, 2.45) is 0 Å². The summed E-state index contributed by atoms with van der Waals surface area (Å²) in [4.78, 5) is 4.18. The first kappa shape index (κ1) is 13.8. The highest BCUT2D eigenvalue weighted by molar-refractivity contribution is 7.90. The molecule has 0 saturated heterocycles. The molecule has 0 bridgehead atoms. The first-order valence-corrected chi connectivity index (χ1v) is 6.63. The first-order chi connectivity index (χ1) is 7.30. The van der Waals surface area contributed by atoms with Crippen LogP contribution in [0.3, 0.4) is 0 Å². The minimum atomic E-state index is -1.10. The molecule has 0 aliphatic heterocycles. The second kappa shape index (κ2) is 5.36. The van der Waals surface area contributed by atoms with E-state index in [0.29, 0.717) is 5.02 Å². The van der Waals surface area contributed by atoms with Gasteiger partial charge >= 0.3 is 0 Å². The maximum absolute atomic E-state index is 11.9. The molecule has 0 radical (unpaired) electrons. The van der Waals surface area contributed by atoms with Crippen molar-refractivity contribution in [1.82, 2.24) is 9.71 Å². The average Bonchev–Trinajstić information content (AvgIpc) is 2.17. The van der Waals surface area contributed by atoms with Gasteiger partial charge in [0, 0.05) is 17.6 Å². The van der Waals surface area contributed by atoms with Gasteiger partial charge in [0.25, 0.3) is 0 Å². The molecule has 5 heteroatoms. The van der Waals surface area contributed by atoms with Crippen LogP contribution in [0, 0.1) is 0 Å². The van der Waals surface area contributed by atoms with E-state index in [2.05, 4.69) is 9.71 Å². The van der Waals surface area contributed by atoms with Crippen molar-refractivity contribution in [3.05, 3.63) is 29.0 Å². The number of pyridine rings is 1. The number of halogens is 1. The van der Waals surface area contributed by atoms with Crippen LogP contribution in [0.2, 0.25) is 5.02 Å². The van der Waals surface area contributed by atoms with E-state index < -0.39 is 11.4 Å². The average molecular weight is 261 g/mol. The third-order valence-electron chi connectivity index (χ3n) is 2.03. The van der Waals surface area contributed by atoms with Gasteiger partial charge in [0.15, 0.2) is 0 Å². The van der Waals surface area contributed by atoms with Gasteiger partial charge < -0.3 is 4.55 Å². The fourth-order valence-corrected chi connectivity index (χ4v) is 1.95. The van der Waals surface area contributed by atoms with Crippen LogP contribution in [0.1, 0.15) is 39.4 Å². The highest BCUT2D eigenvalue weighted by Crippen LogP contribution is 2.19. The Bertz CT molecular complexity index is 337. The Morgan fingerprint density at radius 2 is 2.06 bits per heavy atom. The molecule has 0 amide bonds. The fourth-order valence-electron chi connectivity index (χ4n) is 1.04. The highest BCUT2D eigenvalue weighted by Gasteiger charge is 2.28. The van der Waals surface area contributed by atoms with E-state index in [-0.39, 0.29) is 10.8 Å². The van der Waals surface area contributed by atoms with Crippen molar-refractivity contribution in [3.63, 3.8) is 0 Å². The zero-order valence-corrected chi connectivity index (χ0v) is 11.5. The van der Waals surface area contributed by atoms with Crippen LogP contribution in [0.4, 0.5) is 0 Å². The van der Waals surface area contributed by atoms with Gasteiger partial charge in [-0.2, -0.15) is 0 Å². The Labute approximate surface area is 105 Å². The topological polar surface area (TPSA) is 48.0 Å². The van der Waals surface area contributed by atoms with Gasteiger partial charge in [-0.25, -0.2) is 0 Å². The summed E-state index contributed by atoms with van der Waals surface area (Å²) in [6, 6.07) is 3.56. The molecule has 0 unspecified atom stereocenters. The maximum atomic E-state index is 11.9. The molecule has 0 aliphatic rings. The van der Waals surface area contributed by atoms with Gasteiger partial charge in [-0.05, 0) is 39.8 Å². The van der Waals surface area contributed by atoms with E-state index >= 15 is 0 Å². The SMILES string of the molecule is C[C@H](N[S@+]([O-])C(C)(C)C)c1ccc(Cl)cn1. The molecule has 1 aromatic rings. The maximum Gasteiger partial charge on any atom is 0.136 e. The predicted octanol–water partition coefficient (Wildman–Crippen LogP) is 2.85. The molecule has 0 fully saturated rings. The first-order valence-electron chi connectivity index (χ1n) is 5.10. The van der Waals surface area contributed by atoms with E-state index in [1.807, 2.05) is 33.8 Å². The summed E-state index contributed by atoms with van der Waals surface area (Å²) < 4.78 is 14.6. The molecule has 0 spiro atoms. The summed E-state index contributed by atoms with van der Waals surface area (Å²) >= 11 is 4.66. The summed E-state index contributed by atoms with van der Waals surface area (Å²) in [5.74, 6) is 0. The van der Waals surface area contributed by atoms with Crippen molar-refractivity contribution in [2.45, 2.75) is 38.5 Å². The third-order valence-corrected chi connectivity index (χ3v) is 3.94. The van der Waals surface area contributed by atoms with Crippen molar-refractivity contribution >= 4 is 23.0 Å². The fraction of sp³-hybridized carbons (Fsp3) is 0.545. The van der Waals surface area contributed by atoms with Gasteiger partial charge in [-0.15, -0.1) is 4.72 Å². The van der Waals surface area contributed by atoms with Crippen LogP contribution >= 0.6 is 11.6 Å². The van der Waals surface area contributed by atoms with Crippen LogP contribution in [-0.2, 0) is 11.4 Å². The number of nitrogens with one attached hydrogen (secondary N) is 1. The van der Waals surface area contributed by atoms with E-state index in [4.69, 9.17) is 11.6 Å². The lowest BCUT2D eigenvalue weighted by atomic mass is 10.2. The molecule has 16 heavy (non-hydrogen) atoms. The predicted molar refractivity (Wildman–Crippen MR) is 68.7 cm³/mol. The zero-order valence-electron chi connectivity index (χ0n) is 9.95. The third kappa shape index (κ3) is 3.94. The van der Waals surface area contributed by atoms with Crippen LogP contribution in [0.15, 0.2) is 18.3 Å². The lowest BCUT2D eigenvalue weighted by molar-refractivity contribution is 0.529. The van der Waals surface area contributed by atoms with Crippen molar-refractivity contribution in [1.29, 1.82) is 0 Å². The van der Waals surface area contributed by atoms with Gasteiger partial charge in [-0.3, -0.25) is 4.98 Å². The van der Waals surface area contributed by atoms with Gasteiger partial charge in [-0.1, -0.05) is 11.6 Å². The normalized spacial score (nSPS) is 15.9. The van der Waals surface area contributed by atoms with Crippen LogP contribution in [0.25, 0.3) is 0 Å². The van der Waals surface area contributed by atoms with E-state index in [1.165, 1.54) is 0 Å². The number of nitrogens with zero attached hydrogens (tertiary/aromatic N) is 1. The van der Waals surface area contributed by atoms with Crippen LogP contribution in [0.5, 0.6) is 0 Å². The smallest absolute Gasteiger partial charge is 0.136 e. The Balaban J connectivity index is 2.65. The lowest BCUT2D eigenvalue weighted by Gasteiger charge is -2.26. The Kier molecular flexibility index (Phi) is 4.62. The molecule has 0 aromatic carbocycles. The molecule has 1 heterocycles. The summed E-state index contributed by atoms with van der Waals surface area (Å²) in [5, 5.41) is 0.605. The molecule has 2 atom stereocenters. The number of hydrogen-bond donors (Lipinski definition) is 1. The van der Waals surface area contributed by atoms with E-state index in [1.54, 1.807) is 12.3 Å². The molecular weight excluding hydrogens is 244 g/mol. The number of rotatable bonds is 3. The summed E-state index contributed by atoms with van der Waals surface area (Å²) in [7, 11) is 0. The molecule has 1 N–H and O–H groups in total. The quantitative estimate of drug-likeness (QED) is 0.851. The molecule has 1 aromatic heterocycles. The minimum absolute atomic E-state index is 0.0580. The summed E-state index contributed by atoms with van der Waals surface area (Å²) in [6.07, 6.45) is 1.59. The zero-order chi connectivity index (χ0) is 12.3. The van der Waals surface area contributed by atoms with Crippen LogP contribution in [-0.4, -0.2) is 14.3 Å². The van der Waals surface area contributed by atoms with Gasteiger partial charge in [0.2, 0.25) is 0 Å². The van der Waals surface area contributed by atoms with Gasteiger partial charge in [0.1, 0.15) is 4.75 Å². The Hall–Kier alpha value is -0.290. The second-order valence-corrected chi connectivity index (χ2v) is 7.06. The molecular formula is C11H17ClN2OS. The highest BCUT2D eigenvalue weighted by atomic mass is 35.5. The van der Waals surface area contributed by atoms with Crippen molar-refractivity contribution < 1.29 is 4.55 Å². The van der Waals surface area contributed by atoms with Crippen LogP contribution < -0.4 is 4.72 Å². The number of aromatic nitrogens is 1.